The molecule has 2 aromatic rings. The van der Waals surface area contributed by atoms with Gasteiger partial charge < -0.3 is 5.32 Å². The lowest BCUT2D eigenvalue weighted by Crippen LogP contribution is -2.31. The maximum atomic E-state index is 12.9. The largest absolute Gasteiger partial charge is 0.312 e. The van der Waals surface area contributed by atoms with Crippen LogP contribution in [0.1, 0.15) is 46.6 Å². The summed E-state index contributed by atoms with van der Waals surface area (Å²) in [5, 5.41) is 12.7. The molecule has 1 aliphatic carbocycles. The van der Waals surface area contributed by atoms with Crippen LogP contribution in [0.5, 0.6) is 0 Å². The Morgan fingerprint density at radius 1 is 1.24 bits per heavy atom. The van der Waals surface area contributed by atoms with E-state index in [2.05, 4.69) is 11.4 Å². The highest BCUT2D eigenvalue weighted by Crippen LogP contribution is 2.39. The Morgan fingerprint density at radius 2 is 1.93 bits per heavy atom. The van der Waals surface area contributed by atoms with E-state index in [1.165, 1.54) is 27.8 Å². The summed E-state index contributed by atoms with van der Waals surface area (Å²) in [7, 11) is -3.87. The van der Waals surface area contributed by atoms with E-state index < -0.39 is 15.9 Å². The lowest BCUT2D eigenvalue weighted by atomic mass is 10.1. The van der Waals surface area contributed by atoms with Gasteiger partial charge in [-0.15, -0.1) is 11.3 Å². The quantitative estimate of drug-likeness (QED) is 0.660. The van der Waals surface area contributed by atoms with Crippen LogP contribution in [0.2, 0.25) is 10.0 Å². The third-order valence-corrected chi connectivity index (χ3v) is 8.88. The minimum absolute atomic E-state index is 0.0146. The highest BCUT2D eigenvalue weighted by Gasteiger charge is 2.28. The smallest absolute Gasteiger partial charge is 0.257 e. The van der Waals surface area contributed by atoms with E-state index in [0.717, 1.165) is 29.7 Å². The average Bonchev–Trinajstić information content (AvgIpc) is 3.22. The molecular weight excluding hydrogens is 453 g/mol. The van der Waals surface area contributed by atoms with Crippen LogP contribution in [0.3, 0.4) is 0 Å². The van der Waals surface area contributed by atoms with Crippen molar-refractivity contribution in [3.8, 4) is 6.07 Å². The van der Waals surface area contributed by atoms with E-state index in [0.29, 0.717) is 10.6 Å². The summed E-state index contributed by atoms with van der Waals surface area (Å²) in [6, 6.07) is 4.61. The average molecular weight is 472 g/mol. The molecule has 0 aliphatic heterocycles. The monoisotopic (exact) mass is 471 g/mol. The Bertz CT molecular complexity index is 1120. The van der Waals surface area contributed by atoms with Gasteiger partial charge in [0.15, 0.2) is 0 Å². The van der Waals surface area contributed by atoms with Crippen molar-refractivity contribution in [1.29, 1.82) is 5.26 Å². The van der Waals surface area contributed by atoms with Gasteiger partial charge >= 0.3 is 0 Å². The predicted molar refractivity (Wildman–Crippen MR) is 116 cm³/mol. The SMILES string of the molecule is CCN(CC)S(=O)(=O)c1cc(C(=O)Nc2sc3c(c2C#N)CCC3)c(Cl)cc1Cl. The third kappa shape index (κ3) is 4.03. The second-order valence-electron chi connectivity index (χ2n) is 6.48. The summed E-state index contributed by atoms with van der Waals surface area (Å²) in [6.45, 7) is 3.98. The molecule has 1 aromatic heterocycles. The number of sulfonamides is 1. The molecule has 1 heterocycles. The van der Waals surface area contributed by atoms with Gasteiger partial charge in [0.05, 0.1) is 21.2 Å². The Hall–Kier alpha value is -1.63. The van der Waals surface area contributed by atoms with Crippen molar-refractivity contribution < 1.29 is 13.2 Å². The number of aryl methyl sites for hydroxylation is 1. The van der Waals surface area contributed by atoms with Crippen LogP contribution in [0.4, 0.5) is 5.00 Å². The van der Waals surface area contributed by atoms with Crippen molar-refractivity contribution in [2.75, 3.05) is 18.4 Å². The molecular formula is C19H19Cl2N3O3S2. The first kappa shape index (κ1) is 22.1. The maximum absolute atomic E-state index is 12.9. The number of nitrogens with zero attached hydrogens (tertiary/aromatic N) is 2. The van der Waals surface area contributed by atoms with Crippen LogP contribution in [-0.2, 0) is 22.9 Å². The number of nitriles is 1. The number of amides is 1. The van der Waals surface area contributed by atoms with E-state index in [1.54, 1.807) is 13.8 Å². The van der Waals surface area contributed by atoms with Gasteiger partial charge in [0, 0.05) is 18.0 Å². The number of halogens is 2. The lowest BCUT2D eigenvalue weighted by molar-refractivity contribution is 0.102. The molecule has 0 fully saturated rings. The lowest BCUT2D eigenvalue weighted by Gasteiger charge is -2.20. The summed E-state index contributed by atoms with van der Waals surface area (Å²) >= 11 is 13.7. The fourth-order valence-corrected chi connectivity index (χ4v) is 6.91. The van der Waals surface area contributed by atoms with Gasteiger partial charge in [-0.05, 0) is 37.0 Å². The van der Waals surface area contributed by atoms with Gasteiger partial charge in [0.25, 0.3) is 5.91 Å². The molecule has 0 spiro atoms. The Morgan fingerprint density at radius 3 is 2.55 bits per heavy atom. The van der Waals surface area contributed by atoms with E-state index in [9.17, 15) is 18.5 Å². The number of nitrogens with one attached hydrogen (secondary N) is 1. The fraction of sp³-hybridized carbons (Fsp3) is 0.368. The van der Waals surface area contributed by atoms with Gasteiger partial charge in [-0.25, -0.2) is 8.42 Å². The minimum Gasteiger partial charge on any atom is -0.312 e. The van der Waals surface area contributed by atoms with Crippen molar-refractivity contribution >= 4 is 55.5 Å². The second kappa shape index (κ2) is 8.62. The van der Waals surface area contributed by atoms with Crippen LogP contribution in [0.15, 0.2) is 17.0 Å². The molecule has 6 nitrogen and oxygen atoms in total. The van der Waals surface area contributed by atoms with Gasteiger partial charge in [0.2, 0.25) is 10.0 Å². The first-order valence-electron chi connectivity index (χ1n) is 9.09. The Labute approximate surface area is 184 Å². The number of hydrogen-bond donors (Lipinski definition) is 1. The maximum Gasteiger partial charge on any atom is 0.257 e. The molecule has 154 valence electrons. The molecule has 0 saturated carbocycles. The number of hydrogen-bond acceptors (Lipinski definition) is 5. The zero-order valence-corrected chi connectivity index (χ0v) is 19.0. The zero-order chi connectivity index (χ0) is 21.3. The molecule has 1 aromatic carbocycles. The Kier molecular flexibility index (Phi) is 6.56. The molecule has 1 aliphatic rings. The summed E-state index contributed by atoms with van der Waals surface area (Å²) in [4.78, 5) is 13.8. The third-order valence-electron chi connectivity index (χ3n) is 4.85. The highest BCUT2D eigenvalue weighted by atomic mass is 35.5. The second-order valence-corrected chi connectivity index (χ2v) is 10.3. The van der Waals surface area contributed by atoms with Crippen LogP contribution in [0, 0.1) is 11.3 Å². The summed E-state index contributed by atoms with van der Waals surface area (Å²) < 4.78 is 27.0. The van der Waals surface area contributed by atoms with Crippen molar-refractivity contribution in [3.05, 3.63) is 43.7 Å². The molecule has 0 saturated heterocycles. The van der Waals surface area contributed by atoms with E-state index in [4.69, 9.17) is 23.2 Å². The van der Waals surface area contributed by atoms with Gasteiger partial charge in [-0.2, -0.15) is 9.57 Å². The van der Waals surface area contributed by atoms with Gasteiger partial charge in [-0.1, -0.05) is 37.0 Å². The van der Waals surface area contributed by atoms with Crippen LogP contribution in [-0.4, -0.2) is 31.7 Å². The Balaban J connectivity index is 2.00. The van der Waals surface area contributed by atoms with E-state index in [1.807, 2.05) is 0 Å². The molecule has 0 bridgehead atoms. The molecule has 0 atom stereocenters. The minimum atomic E-state index is -3.87. The van der Waals surface area contributed by atoms with Crippen LogP contribution in [0.25, 0.3) is 0 Å². The summed E-state index contributed by atoms with van der Waals surface area (Å²) in [6.07, 6.45) is 2.71. The van der Waals surface area contributed by atoms with Gasteiger partial charge in [-0.3, -0.25) is 4.79 Å². The van der Waals surface area contributed by atoms with Crippen molar-refractivity contribution in [2.45, 2.75) is 38.0 Å². The molecule has 0 unspecified atom stereocenters. The van der Waals surface area contributed by atoms with E-state index in [-0.39, 0.29) is 33.6 Å². The number of rotatable bonds is 6. The standard InChI is InChI=1S/C19H19Cl2N3O3S2/c1-3-24(4-2)29(26,27)17-8-12(14(20)9-15(17)21)18(25)23-19-13(10-22)11-6-5-7-16(11)28-19/h8-9H,3-7H2,1-2H3,(H,23,25). The topological polar surface area (TPSA) is 90.3 Å². The first-order valence-corrected chi connectivity index (χ1v) is 12.1. The number of carbonyl (C=O) groups excluding carboxylic acids is 1. The molecule has 1 N–H and O–H groups in total. The zero-order valence-electron chi connectivity index (χ0n) is 15.9. The van der Waals surface area contributed by atoms with Crippen molar-refractivity contribution in [1.82, 2.24) is 4.31 Å². The van der Waals surface area contributed by atoms with Crippen molar-refractivity contribution in [3.63, 3.8) is 0 Å². The molecule has 29 heavy (non-hydrogen) atoms. The molecule has 3 rings (SSSR count). The number of benzene rings is 1. The van der Waals surface area contributed by atoms with Crippen LogP contribution < -0.4 is 5.32 Å². The summed E-state index contributed by atoms with van der Waals surface area (Å²) in [5.74, 6) is -0.584. The number of thiophene rings is 1. The number of fused-ring (bicyclic) bond motifs is 1. The predicted octanol–water partition coefficient (Wildman–Crippen LogP) is 4.70. The molecule has 0 radical (unpaired) electrons. The normalized spacial score (nSPS) is 13.4. The summed E-state index contributed by atoms with van der Waals surface area (Å²) in [5.41, 5.74) is 1.44. The van der Waals surface area contributed by atoms with E-state index >= 15 is 0 Å². The number of carbonyl (C=O) groups is 1. The highest BCUT2D eigenvalue weighted by molar-refractivity contribution is 7.89. The first-order chi connectivity index (χ1) is 13.7. The van der Waals surface area contributed by atoms with Crippen LogP contribution >= 0.6 is 34.5 Å². The number of anilines is 1. The van der Waals surface area contributed by atoms with Gasteiger partial charge in [0.1, 0.15) is 16.0 Å². The fourth-order valence-electron chi connectivity index (χ4n) is 3.38. The van der Waals surface area contributed by atoms with Crippen molar-refractivity contribution in [2.24, 2.45) is 0 Å². The molecule has 1 amide bonds. The molecule has 10 heteroatoms.